The van der Waals surface area contributed by atoms with Gasteiger partial charge in [0.2, 0.25) is 10.0 Å². The van der Waals surface area contributed by atoms with Crippen molar-refractivity contribution in [3.63, 3.8) is 0 Å². The van der Waals surface area contributed by atoms with Crippen LogP contribution in [0.5, 0.6) is 0 Å². The van der Waals surface area contributed by atoms with E-state index in [4.69, 9.17) is 0 Å². The molecule has 2 heterocycles. The summed E-state index contributed by atoms with van der Waals surface area (Å²) in [6.45, 7) is 1.73. The van der Waals surface area contributed by atoms with Crippen LogP contribution in [0.1, 0.15) is 37.7 Å². The summed E-state index contributed by atoms with van der Waals surface area (Å²) in [5.41, 5.74) is 1.78. The fourth-order valence-corrected chi connectivity index (χ4v) is 4.87. The van der Waals surface area contributed by atoms with E-state index in [1.165, 1.54) is 6.20 Å². The Balaban J connectivity index is 1.90. The first-order valence-corrected chi connectivity index (χ1v) is 10.5. The molecule has 1 saturated carbocycles. The Hall–Kier alpha value is -2.48. The van der Waals surface area contributed by atoms with Gasteiger partial charge in [0.1, 0.15) is 11.5 Å². The molecule has 3 aromatic rings. The minimum Gasteiger partial charge on any atom is -0.346 e. The number of aromatic nitrogens is 2. The number of H-pyrrole nitrogens is 1. The Morgan fingerprint density at radius 2 is 2.04 bits per heavy atom. The summed E-state index contributed by atoms with van der Waals surface area (Å²) >= 11 is 0. The maximum absolute atomic E-state index is 14.5. The Kier molecular flexibility index (Phi) is 4.38. The van der Waals surface area contributed by atoms with Crippen LogP contribution in [-0.4, -0.2) is 24.1 Å². The van der Waals surface area contributed by atoms with Gasteiger partial charge in [-0.15, -0.1) is 0 Å². The topological polar surface area (TPSA) is 66.1 Å². The van der Waals surface area contributed by atoms with Gasteiger partial charge in [-0.25, -0.2) is 26.5 Å². The van der Waals surface area contributed by atoms with E-state index in [1.807, 2.05) is 6.20 Å². The summed E-state index contributed by atoms with van der Waals surface area (Å²) in [4.78, 5) is 7.42. The van der Waals surface area contributed by atoms with E-state index in [1.54, 1.807) is 13.0 Å². The summed E-state index contributed by atoms with van der Waals surface area (Å²) in [6.07, 6.45) is 5.83. The maximum atomic E-state index is 14.5. The van der Waals surface area contributed by atoms with E-state index in [9.17, 15) is 17.2 Å². The van der Waals surface area contributed by atoms with Gasteiger partial charge < -0.3 is 4.98 Å². The Labute approximate surface area is 156 Å². The number of hydrogen-bond donors (Lipinski definition) is 1. The highest BCUT2D eigenvalue weighted by molar-refractivity contribution is 7.93. The highest BCUT2D eigenvalue weighted by atomic mass is 32.2. The van der Waals surface area contributed by atoms with Crippen LogP contribution in [0.25, 0.3) is 11.0 Å². The van der Waals surface area contributed by atoms with Crippen LogP contribution < -0.4 is 4.31 Å². The van der Waals surface area contributed by atoms with Crippen LogP contribution in [0.2, 0.25) is 0 Å². The van der Waals surface area contributed by atoms with Crippen molar-refractivity contribution in [1.29, 1.82) is 0 Å². The number of nitrogens with one attached hydrogen (secondary N) is 1. The fourth-order valence-electron chi connectivity index (χ4n) is 3.30. The van der Waals surface area contributed by atoms with Gasteiger partial charge in [0.05, 0.1) is 23.3 Å². The number of sulfonamides is 1. The van der Waals surface area contributed by atoms with Crippen molar-refractivity contribution in [3.05, 3.63) is 53.9 Å². The van der Waals surface area contributed by atoms with Crippen molar-refractivity contribution < 1.29 is 17.2 Å². The van der Waals surface area contributed by atoms with Crippen molar-refractivity contribution in [3.8, 4) is 0 Å². The SMILES string of the molecule is CCCS(=O)(=O)N(c1cnc2[nH]cc(C3CC3)c2c1)c1ccc(F)cc1F. The van der Waals surface area contributed by atoms with Crippen LogP contribution in [0.3, 0.4) is 0 Å². The number of benzene rings is 1. The molecule has 0 saturated heterocycles. The Morgan fingerprint density at radius 1 is 1.26 bits per heavy atom. The molecule has 0 unspecified atom stereocenters. The third kappa shape index (κ3) is 3.29. The summed E-state index contributed by atoms with van der Waals surface area (Å²) in [7, 11) is -3.86. The quantitative estimate of drug-likeness (QED) is 0.668. The number of fused-ring (bicyclic) bond motifs is 1. The number of halogens is 2. The number of nitrogens with zero attached hydrogens (tertiary/aromatic N) is 2. The van der Waals surface area contributed by atoms with Crippen LogP contribution in [0.4, 0.5) is 20.2 Å². The van der Waals surface area contributed by atoms with E-state index in [0.717, 1.165) is 40.2 Å². The highest BCUT2D eigenvalue weighted by Gasteiger charge is 2.30. The van der Waals surface area contributed by atoms with Crippen molar-refractivity contribution in [1.82, 2.24) is 9.97 Å². The zero-order valence-corrected chi connectivity index (χ0v) is 15.6. The van der Waals surface area contributed by atoms with Crippen LogP contribution in [0.15, 0.2) is 36.7 Å². The van der Waals surface area contributed by atoms with Gasteiger partial charge >= 0.3 is 0 Å². The molecule has 2 aromatic heterocycles. The number of anilines is 2. The van der Waals surface area contributed by atoms with E-state index < -0.39 is 21.7 Å². The molecule has 1 aromatic carbocycles. The average Bonchev–Trinajstić information content (AvgIpc) is 3.36. The molecule has 4 rings (SSSR count). The van der Waals surface area contributed by atoms with Crippen molar-refractivity contribution >= 4 is 32.4 Å². The highest BCUT2D eigenvalue weighted by Crippen LogP contribution is 2.44. The molecule has 8 heteroatoms. The van der Waals surface area contributed by atoms with Crippen molar-refractivity contribution in [2.45, 2.75) is 32.1 Å². The van der Waals surface area contributed by atoms with E-state index in [2.05, 4.69) is 9.97 Å². The molecule has 142 valence electrons. The lowest BCUT2D eigenvalue weighted by Gasteiger charge is -2.24. The molecule has 0 radical (unpaired) electrons. The third-order valence-electron chi connectivity index (χ3n) is 4.67. The molecular weight excluding hydrogens is 372 g/mol. The summed E-state index contributed by atoms with van der Waals surface area (Å²) in [5, 5.41) is 0.828. The Bertz CT molecular complexity index is 1110. The van der Waals surface area contributed by atoms with E-state index >= 15 is 0 Å². The first-order valence-electron chi connectivity index (χ1n) is 8.86. The largest absolute Gasteiger partial charge is 0.346 e. The minimum atomic E-state index is -3.86. The molecule has 0 atom stereocenters. The maximum Gasteiger partial charge on any atom is 0.239 e. The monoisotopic (exact) mass is 391 g/mol. The molecule has 1 aliphatic carbocycles. The first kappa shape index (κ1) is 17.9. The second-order valence-electron chi connectivity index (χ2n) is 6.78. The second-order valence-corrected chi connectivity index (χ2v) is 8.72. The normalized spacial score (nSPS) is 14.6. The molecule has 0 bridgehead atoms. The molecule has 0 amide bonds. The molecule has 27 heavy (non-hydrogen) atoms. The van der Waals surface area contributed by atoms with Gasteiger partial charge in [-0.1, -0.05) is 6.92 Å². The molecule has 1 aliphatic rings. The zero-order chi connectivity index (χ0) is 19.2. The van der Waals surface area contributed by atoms with E-state index in [-0.39, 0.29) is 17.1 Å². The number of aromatic amines is 1. The molecule has 1 fully saturated rings. The average molecular weight is 391 g/mol. The van der Waals surface area contributed by atoms with Gasteiger partial charge in [-0.3, -0.25) is 0 Å². The predicted octanol–water partition coefficient (Wildman–Crippen LogP) is 4.60. The zero-order valence-electron chi connectivity index (χ0n) is 14.7. The number of hydrogen-bond acceptors (Lipinski definition) is 3. The van der Waals surface area contributed by atoms with Gasteiger partial charge in [0.25, 0.3) is 0 Å². The first-order chi connectivity index (χ1) is 12.9. The molecule has 5 nitrogen and oxygen atoms in total. The Morgan fingerprint density at radius 3 is 2.70 bits per heavy atom. The summed E-state index contributed by atoms with van der Waals surface area (Å²) in [6, 6.07) is 4.58. The van der Waals surface area contributed by atoms with Gasteiger partial charge in [0.15, 0.2) is 5.82 Å². The smallest absolute Gasteiger partial charge is 0.239 e. The minimum absolute atomic E-state index is 0.162. The summed E-state index contributed by atoms with van der Waals surface area (Å²) < 4.78 is 54.5. The van der Waals surface area contributed by atoms with Gasteiger partial charge in [-0.2, -0.15) is 0 Å². The van der Waals surface area contributed by atoms with Crippen LogP contribution in [0, 0.1) is 11.6 Å². The number of pyridine rings is 1. The second kappa shape index (κ2) is 6.60. The van der Waals surface area contributed by atoms with Crippen LogP contribution in [-0.2, 0) is 10.0 Å². The molecule has 0 spiro atoms. The third-order valence-corrected chi connectivity index (χ3v) is 6.56. The van der Waals surface area contributed by atoms with Gasteiger partial charge in [0, 0.05) is 17.6 Å². The van der Waals surface area contributed by atoms with Crippen LogP contribution >= 0.6 is 0 Å². The van der Waals surface area contributed by atoms with Crippen molar-refractivity contribution in [2.75, 3.05) is 10.1 Å². The fraction of sp³-hybridized carbons (Fsp3) is 0.316. The predicted molar refractivity (Wildman–Crippen MR) is 101 cm³/mol. The molecular formula is C19H19F2N3O2S. The lowest BCUT2D eigenvalue weighted by atomic mass is 10.1. The summed E-state index contributed by atoms with van der Waals surface area (Å²) in [5.74, 6) is -1.42. The van der Waals surface area contributed by atoms with Crippen molar-refractivity contribution in [2.24, 2.45) is 0 Å². The lowest BCUT2D eigenvalue weighted by Crippen LogP contribution is -2.29. The molecule has 0 aliphatic heterocycles. The van der Waals surface area contributed by atoms with E-state index in [0.29, 0.717) is 24.1 Å². The lowest BCUT2D eigenvalue weighted by molar-refractivity contribution is 0.578. The molecule has 1 N–H and O–H groups in total. The number of rotatable bonds is 6. The van der Waals surface area contributed by atoms with Gasteiger partial charge in [-0.05, 0) is 48.9 Å². The standard InChI is InChI=1S/C19H19F2N3O2S/c1-2-7-27(25,26)24(18-6-5-13(20)8-17(18)21)14-9-15-16(12-3-4-12)11-23-19(15)22-10-14/h5-6,8-12H,2-4,7H2,1H3,(H,22,23).